The molecule has 1 heterocycles. The minimum absolute atomic E-state index is 0.0166. The molecule has 0 spiro atoms. The van der Waals surface area contributed by atoms with Crippen LogP contribution in [-0.2, 0) is 4.74 Å². The highest BCUT2D eigenvalue weighted by Gasteiger charge is 2.33. The number of hydrogen-bond donors (Lipinski definition) is 1. The Morgan fingerprint density at radius 1 is 1.38 bits per heavy atom. The molecule has 1 amide bonds. The van der Waals surface area contributed by atoms with Crippen LogP contribution in [0.2, 0.25) is 0 Å². The van der Waals surface area contributed by atoms with Crippen molar-refractivity contribution >= 4 is 17.5 Å². The summed E-state index contributed by atoms with van der Waals surface area (Å²) in [6.07, 6.45) is -1.34. The van der Waals surface area contributed by atoms with Gasteiger partial charge >= 0.3 is 6.09 Å². The monoisotopic (exact) mass is 339 g/mol. The van der Waals surface area contributed by atoms with Crippen LogP contribution in [0.4, 0.5) is 20.6 Å². The highest BCUT2D eigenvalue weighted by molar-refractivity contribution is 5.68. The van der Waals surface area contributed by atoms with Crippen LogP contribution in [0.3, 0.4) is 0 Å². The molecule has 0 aromatic heterocycles. The fourth-order valence-electron chi connectivity index (χ4n) is 2.45. The van der Waals surface area contributed by atoms with Crippen molar-refractivity contribution in [3.63, 3.8) is 0 Å². The molecule has 132 valence electrons. The van der Waals surface area contributed by atoms with Crippen LogP contribution < -0.4 is 5.32 Å². The van der Waals surface area contributed by atoms with Gasteiger partial charge in [-0.3, -0.25) is 10.1 Å². The molecule has 1 fully saturated rings. The van der Waals surface area contributed by atoms with Crippen molar-refractivity contribution in [2.45, 2.75) is 45.0 Å². The van der Waals surface area contributed by atoms with Crippen molar-refractivity contribution in [3.8, 4) is 0 Å². The van der Waals surface area contributed by atoms with Crippen LogP contribution >= 0.6 is 0 Å². The van der Waals surface area contributed by atoms with Crippen LogP contribution in [-0.4, -0.2) is 46.8 Å². The number of amides is 1. The minimum atomic E-state index is -1.25. The molecule has 1 saturated heterocycles. The largest absolute Gasteiger partial charge is 0.444 e. The molecule has 2 unspecified atom stereocenters. The van der Waals surface area contributed by atoms with Crippen molar-refractivity contribution < 1.29 is 18.8 Å². The summed E-state index contributed by atoms with van der Waals surface area (Å²) in [5, 5.41) is 13.7. The van der Waals surface area contributed by atoms with Crippen LogP contribution in [0.25, 0.3) is 0 Å². The molecule has 2 atom stereocenters. The third kappa shape index (κ3) is 4.81. The van der Waals surface area contributed by atoms with Crippen LogP contribution in [0.1, 0.15) is 27.2 Å². The number of rotatable bonds is 3. The molecule has 1 aliphatic heterocycles. The number of anilines is 1. The Morgan fingerprint density at radius 2 is 2.00 bits per heavy atom. The molecule has 1 aromatic rings. The van der Waals surface area contributed by atoms with Gasteiger partial charge in [0.1, 0.15) is 11.8 Å². The Bertz CT molecular complexity index is 600. The maximum Gasteiger partial charge on any atom is 0.410 e. The highest BCUT2D eigenvalue weighted by atomic mass is 19.1. The Kier molecular flexibility index (Phi) is 5.26. The number of nitrogens with one attached hydrogen (secondary N) is 1. The number of carbonyl (C=O) groups excluding carboxylic acids is 1. The van der Waals surface area contributed by atoms with E-state index in [1.54, 1.807) is 32.9 Å². The molecule has 1 aromatic carbocycles. The minimum Gasteiger partial charge on any atom is -0.444 e. The summed E-state index contributed by atoms with van der Waals surface area (Å²) in [6, 6.07) is 5.37. The van der Waals surface area contributed by atoms with Gasteiger partial charge in [-0.25, -0.2) is 9.18 Å². The van der Waals surface area contributed by atoms with E-state index in [2.05, 4.69) is 5.32 Å². The molecule has 2 rings (SSSR count). The number of nitro groups is 1. The number of carbonyl (C=O) groups is 1. The Balaban J connectivity index is 1.91. The number of halogens is 1. The van der Waals surface area contributed by atoms with Crippen molar-refractivity contribution in [2.24, 2.45) is 0 Å². The number of likely N-dealkylation sites (tertiary alicyclic amines) is 1. The van der Waals surface area contributed by atoms with Crippen molar-refractivity contribution in [2.75, 3.05) is 18.4 Å². The zero-order valence-corrected chi connectivity index (χ0v) is 14.0. The predicted octanol–water partition coefficient (Wildman–Crippen LogP) is 3.35. The van der Waals surface area contributed by atoms with Gasteiger partial charge in [0.25, 0.3) is 5.69 Å². The zero-order valence-electron chi connectivity index (χ0n) is 14.0. The molecule has 1 N–H and O–H groups in total. The summed E-state index contributed by atoms with van der Waals surface area (Å²) >= 11 is 0. The topological polar surface area (TPSA) is 84.7 Å². The Morgan fingerprint density at radius 3 is 2.50 bits per heavy atom. The summed E-state index contributed by atoms with van der Waals surface area (Å²) in [5.74, 6) is 0. The Hall–Kier alpha value is -2.38. The molecule has 0 saturated carbocycles. The van der Waals surface area contributed by atoms with Gasteiger partial charge < -0.3 is 15.0 Å². The van der Waals surface area contributed by atoms with E-state index in [1.807, 2.05) is 0 Å². The van der Waals surface area contributed by atoms with Gasteiger partial charge in [-0.05, 0) is 39.3 Å². The molecule has 8 heteroatoms. The molecular formula is C16H22FN3O4. The first-order valence-electron chi connectivity index (χ1n) is 7.79. The average Bonchev–Trinajstić information content (AvgIpc) is 2.48. The molecular weight excluding hydrogens is 317 g/mol. The number of nitrogens with zero attached hydrogens (tertiary/aromatic N) is 2. The third-order valence-corrected chi connectivity index (χ3v) is 3.62. The first kappa shape index (κ1) is 18.0. The number of piperidine rings is 1. The summed E-state index contributed by atoms with van der Waals surface area (Å²) in [6.45, 7) is 5.64. The molecule has 0 aliphatic carbocycles. The molecule has 0 radical (unpaired) electrons. The SMILES string of the molecule is CC(C)(C)OC(=O)N1CCC(Nc2ccc([N+](=O)[O-])cc2)C(F)C1. The van der Waals surface area contributed by atoms with Gasteiger partial charge in [-0.2, -0.15) is 0 Å². The lowest BCUT2D eigenvalue weighted by Gasteiger charge is -2.36. The fraction of sp³-hybridized carbons (Fsp3) is 0.562. The van der Waals surface area contributed by atoms with E-state index in [0.717, 1.165) is 0 Å². The van der Waals surface area contributed by atoms with Crippen LogP contribution in [0.5, 0.6) is 0 Å². The lowest BCUT2D eigenvalue weighted by atomic mass is 10.0. The van der Waals surface area contributed by atoms with Gasteiger partial charge in [-0.15, -0.1) is 0 Å². The van der Waals surface area contributed by atoms with E-state index >= 15 is 0 Å². The summed E-state index contributed by atoms with van der Waals surface area (Å²) in [7, 11) is 0. The third-order valence-electron chi connectivity index (χ3n) is 3.62. The number of ether oxygens (including phenoxy) is 1. The van der Waals surface area contributed by atoms with Crippen LogP contribution in [0.15, 0.2) is 24.3 Å². The first-order chi connectivity index (χ1) is 11.2. The fourth-order valence-corrected chi connectivity index (χ4v) is 2.45. The van der Waals surface area contributed by atoms with E-state index in [1.165, 1.54) is 17.0 Å². The number of nitro benzene ring substituents is 1. The second-order valence-corrected chi connectivity index (χ2v) is 6.79. The second kappa shape index (κ2) is 7.02. The molecule has 0 bridgehead atoms. The molecule has 1 aliphatic rings. The van der Waals surface area contributed by atoms with Crippen molar-refractivity contribution in [1.29, 1.82) is 0 Å². The van der Waals surface area contributed by atoms with Gasteiger partial charge in [0.15, 0.2) is 0 Å². The van der Waals surface area contributed by atoms with E-state index < -0.39 is 28.8 Å². The highest BCUT2D eigenvalue weighted by Crippen LogP contribution is 2.22. The van der Waals surface area contributed by atoms with Gasteiger partial charge in [0, 0.05) is 24.4 Å². The lowest BCUT2D eigenvalue weighted by molar-refractivity contribution is -0.384. The molecule has 24 heavy (non-hydrogen) atoms. The lowest BCUT2D eigenvalue weighted by Crippen LogP contribution is -2.51. The van der Waals surface area contributed by atoms with Crippen molar-refractivity contribution in [3.05, 3.63) is 34.4 Å². The quantitative estimate of drug-likeness (QED) is 0.674. The molecule has 7 nitrogen and oxygen atoms in total. The maximum absolute atomic E-state index is 14.4. The predicted molar refractivity (Wildman–Crippen MR) is 87.8 cm³/mol. The van der Waals surface area contributed by atoms with E-state index in [9.17, 15) is 19.3 Å². The van der Waals surface area contributed by atoms with E-state index in [0.29, 0.717) is 18.7 Å². The first-order valence-corrected chi connectivity index (χ1v) is 7.79. The second-order valence-electron chi connectivity index (χ2n) is 6.79. The summed E-state index contributed by atoms with van der Waals surface area (Å²) < 4.78 is 19.6. The maximum atomic E-state index is 14.4. The number of non-ortho nitro benzene ring substituents is 1. The normalized spacial score (nSPS) is 21.2. The van der Waals surface area contributed by atoms with E-state index in [4.69, 9.17) is 4.74 Å². The van der Waals surface area contributed by atoms with Crippen LogP contribution in [0, 0.1) is 10.1 Å². The number of hydrogen-bond acceptors (Lipinski definition) is 5. The standard InChI is InChI=1S/C16H22FN3O4/c1-16(2,3)24-15(21)19-9-8-14(13(17)10-19)18-11-4-6-12(7-5-11)20(22)23/h4-7,13-14,18H,8-10H2,1-3H3. The van der Waals surface area contributed by atoms with Gasteiger partial charge in [-0.1, -0.05) is 0 Å². The van der Waals surface area contributed by atoms with Crippen molar-refractivity contribution in [1.82, 2.24) is 4.90 Å². The zero-order chi connectivity index (χ0) is 17.9. The smallest absolute Gasteiger partial charge is 0.410 e. The number of benzene rings is 1. The summed E-state index contributed by atoms with van der Waals surface area (Å²) in [5.41, 5.74) is -0.0208. The average molecular weight is 339 g/mol. The summed E-state index contributed by atoms with van der Waals surface area (Å²) in [4.78, 5) is 23.5. The Labute approximate surface area is 139 Å². The number of alkyl halides is 1. The van der Waals surface area contributed by atoms with E-state index in [-0.39, 0.29) is 12.2 Å². The van der Waals surface area contributed by atoms with Gasteiger partial charge in [0.05, 0.1) is 17.5 Å². The van der Waals surface area contributed by atoms with Gasteiger partial charge in [0.2, 0.25) is 0 Å².